The van der Waals surface area contributed by atoms with Crippen LogP contribution in [0.3, 0.4) is 0 Å². The zero-order chi connectivity index (χ0) is 23.8. The van der Waals surface area contributed by atoms with Gasteiger partial charge in [-0.15, -0.1) is 0 Å². The average Bonchev–Trinajstić information content (AvgIpc) is 2.78. The number of ether oxygens (including phenoxy) is 2. The summed E-state index contributed by atoms with van der Waals surface area (Å²) in [4.78, 5) is 32.4. The summed E-state index contributed by atoms with van der Waals surface area (Å²) in [6, 6.07) is 16.0. The van der Waals surface area contributed by atoms with Crippen LogP contribution >= 0.6 is 11.6 Å². The molecule has 3 rings (SSSR count). The second-order valence-electron chi connectivity index (χ2n) is 6.38. The number of amides is 1. The van der Waals surface area contributed by atoms with Crippen LogP contribution in [0.4, 0.5) is 11.4 Å². The summed E-state index contributed by atoms with van der Waals surface area (Å²) in [6.07, 6.45) is 1.34. The number of nitro benzene ring substituents is 2. The maximum absolute atomic E-state index is 11.9. The molecule has 0 unspecified atom stereocenters. The molecule has 0 saturated carbocycles. The van der Waals surface area contributed by atoms with Crippen LogP contribution in [0.5, 0.6) is 17.2 Å². The van der Waals surface area contributed by atoms with E-state index in [1.54, 1.807) is 42.5 Å². The van der Waals surface area contributed by atoms with Crippen LogP contribution in [0.2, 0.25) is 5.02 Å². The Balaban J connectivity index is 1.61. The molecule has 12 heteroatoms. The van der Waals surface area contributed by atoms with Crippen LogP contribution in [0.25, 0.3) is 0 Å². The molecule has 0 aromatic heterocycles. The Kier molecular flexibility index (Phi) is 7.50. The van der Waals surface area contributed by atoms with Crippen molar-refractivity contribution >= 4 is 35.1 Å². The average molecular weight is 471 g/mol. The van der Waals surface area contributed by atoms with Crippen molar-refractivity contribution < 1.29 is 24.1 Å². The first-order chi connectivity index (χ1) is 15.8. The highest BCUT2D eigenvalue weighted by Crippen LogP contribution is 2.34. The molecule has 1 N–H and O–H groups in total. The van der Waals surface area contributed by atoms with E-state index in [2.05, 4.69) is 10.5 Å². The molecule has 33 heavy (non-hydrogen) atoms. The zero-order valence-electron chi connectivity index (χ0n) is 16.7. The fourth-order valence-electron chi connectivity index (χ4n) is 2.55. The van der Waals surface area contributed by atoms with E-state index in [9.17, 15) is 25.0 Å². The number of carbonyl (C=O) groups excluding carboxylic acids is 1. The summed E-state index contributed by atoms with van der Waals surface area (Å²) in [5, 5.41) is 26.4. The van der Waals surface area contributed by atoms with Gasteiger partial charge in [-0.1, -0.05) is 29.8 Å². The molecule has 0 aliphatic carbocycles. The highest BCUT2D eigenvalue weighted by atomic mass is 35.5. The standard InChI is InChI=1S/C21H15ClN4O7/c22-15-4-2-5-17(10-15)32-13-21(27)24-23-12-14-3-1-6-18(9-14)33-20-8-7-16(25(28)29)11-19(20)26(30)31/h1-12H,13H2,(H,24,27). The van der Waals surface area contributed by atoms with Gasteiger partial charge in [0.1, 0.15) is 11.5 Å². The van der Waals surface area contributed by atoms with Crippen LogP contribution < -0.4 is 14.9 Å². The van der Waals surface area contributed by atoms with Crippen molar-refractivity contribution in [3.05, 3.63) is 97.5 Å². The quantitative estimate of drug-likeness (QED) is 0.275. The second-order valence-corrected chi connectivity index (χ2v) is 6.82. The van der Waals surface area contributed by atoms with Gasteiger partial charge in [0.05, 0.1) is 22.1 Å². The summed E-state index contributed by atoms with van der Waals surface area (Å²) in [5.41, 5.74) is 1.85. The molecule has 0 atom stereocenters. The number of hydrogen-bond acceptors (Lipinski definition) is 8. The molecule has 0 aliphatic heterocycles. The predicted molar refractivity (Wildman–Crippen MR) is 119 cm³/mol. The molecule has 0 aliphatic rings. The largest absolute Gasteiger partial charge is 0.484 e. The molecule has 0 spiro atoms. The molecule has 0 heterocycles. The van der Waals surface area contributed by atoms with Crippen LogP contribution in [-0.4, -0.2) is 28.6 Å². The molecule has 0 saturated heterocycles. The Hall–Kier alpha value is -4.51. The molecule has 0 bridgehead atoms. The third-order valence-corrected chi connectivity index (χ3v) is 4.24. The maximum atomic E-state index is 11.9. The zero-order valence-corrected chi connectivity index (χ0v) is 17.5. The lowest BCUT2D eigenvalue weighted by atomic mass is 10.2. The lowest BCUT2D eigenvalue weighted by molar-refractivity contribution is -0.394. The SMILES string of the molecule is O=C(COc1cccc(Cl)c1)NN=Cc1cccc(Oc2ccc([N+](=O)[O-])cc2[N+](=O)[O-])c1. The maximum Gasteiger partial charge on any atom is 0.318 e. The Labute approximate surface area is 191 Å². The number of hydrogen-bond donors (Lipinski definition) is 1. The fraction of sp³-hybridized carbons (Fsp3) is 0.0476. The molecule has 168 valence electrons. The Bertz CT molecular complexity index is 1230. The summed E-state index contributed by atoms with van der Waals surface area (Å²) < 4.78 is 10.8. The number of rotatable bonds is 9. The van der Waals surface area contributed by atoms with Crippen molar-refractivity contribution in [2.45, 2.75) is 0 Å². The minimum absolute atomic E-state index is 0.161. The topological polar surface area (TPSA) is 146 Å². The van der Waals surface area contributed by atoms with Crippen molar-refractivity contribution in [3.8, 4) is 17.2 Å². The Morgan fingerprint density at radius 2 is 1.76 bits per heavy atom. The number of nitrogens with one attached hydrogen (secondary N) is 1. The van der Waals surface area contributed by atoms with Gasteiger partial charge in [0.2, 0.25) is 5.75 Å². The lowest BCUT2D eigenvalue weighted by Gasteiger charge is -2.07. The molecule has 0 radical (unpaired) electrons. The normalized spacial score (nSPS) is 10.6. The number of benzene rings is 3. The van der Waals surface area contributed by atoms with E-state index in [1.165, 1.54) is 12.3 Å². The van der Waals surface area contributed by atoms with Gasteiger partial charge in [-0.25, -0.2) is 5.43 Å². The van der Waals surface area contributed by atoms with Gasteiger partial charge >= 0.3 is 5.69 Å². The van der Waals surface area contributed by atoms with Crippen LogP contribution in [0.15, 0.2) is 71.8 Å². The van der Waals surface area contributed by atoms with Crippen molar-refractivity contribution in [1.82, 2.24) is 5.43 Å². The van der Waals surface area contributed by atoms with Crippen LogP contribution in [0, 0.1) is 20.2 Å². The number of nitrogens with zero attached hydrogens (tertiary/aromatic N) is 3. The Morgan fingerprint density at radius 3 is 2.48 bits per heavy atom. The minimum atomic E-state index is -0.769. The molecular weight excluding hydrogens is 456 g/mol. The van der Waals surface area contributed by atoms with Crippen molar-refractivity contribution in [1.29, 1.82) is 0 Å². The van der Waals surface area contributed by atoms with E-state index < -0.39 is 27.1 Å². The molecule has 3 aromatic rings. The summed E-state index contributed by atoms with van der Waals surface area (Å²) >= 11 is 5.84. The number of carbonyl (C=O) groups is 1. The van der Waals surface area contributed by atoms with Gasteiger partial charge in [0.25, 0.3) is 11.6 Å². The summed E-state index contributed by atoms with van der Waals surface area (Å²) in [6.45, 7) is -0.273. The van der Waals surface area contributed by atoms with Crippen LogP contribution in [0.1, 0.15) is 5.56 Å². The second kappa shape index (κ2) is 10.7. The van der Waals surface area contributed by atoms with E-state index in [1.807, 2.05) is 0 Å². The molecular formula is C21H15ClN4O7. The first-order valence-electron chi connectivity index (χ1n) is 9.23. The van der Waals surface area contributed by atoms with E-state index in [0.29, 0.717) is 16.3 Å². The van der Waals surface area contributed by atoms with Gasteiger partial charge in [0, 0.05) is 11.1 Å². The van der Waals surface area contributed by atoms with Gasteiger partial charge < -0.3 is 9.47 Å². The van der Waals surface area contributed by atoms with E-state index >= 15 is 0 Å². The molecule has 1 amide bonds. The lowest BCUT2D eigenvalue weighted by Crippen LogP contribution is -2.24. The van der Waals surface area contributed by atoms with E-state index in [-0.39, 0.29) is 18.1 Å². The third kappa shape index (κ3) is 6.74. The summed E-state index contributed by atoms with van der Waals surface area (Å²) in [7, 11) is 0. The van der Waals surface area contributed by atoms with E-state index in [0.717, 1.165) is 18.2 Å². The molecule has 3 aromatic carbocycles. The Morgan fingerprint density at radius 1 is 1.00 bits per heavy atom. The summed E-state index contributed by atoms with van der Waals surface area (Å²) in [5.74, 6) is 0.00428. The molecule has 0 fully saturated rings. The van der Waals surface area contributed by atoms with Crippen molar-refractivity contribution in [2.24, 2.45) is 5.10 Å². The minimum Gasteiger partial charge on any atom is -0.484 e. The first-order valence-corrected chi connectivity index (χ1v) is 9.60. The highest BCUT2D eigenvalue weighted by Gasteiger charge is 2.21. The fourth-order valence-corrected chi connectivity index (χ4v) is 2.73. The first kappa shape index (κ1) is 23.2. The third-order valence-electron chi connectivity index (χ3n) is 4.00. The van der Waals surface area contributed by atoms with E-state index in [4.69, 9.17) is 21.1 Å². The number of hydrazone groups is 1. The number of nitro groups is 2. The van der Waals surface area contributed by atoms with Crippen molar-refractivity contribution in [3.63, 3.8) is 0 Å². The van der Waals surface area contributed by atoms with Crippen molar-refractivity contribution in [2.75, 3.05) is 6.61 Å². The van der Waals surface area contributed by atoms with Gasteiger partial charge in [-0.2, -0.15) is 5.10 Å². The monoisotopic (exact) mass is 470 g/mol. The highest BCUT2D eigenvalue weighted by molar-refractivity contribution is 6.30. The van der Waals surface area contributed by atoms with Gasteiger partial charge in [0.15, 0.2) is 6.61 Å². The number of halogens is 1. The van der Waals surface area contributed by atoms with Gasteiger partial charge in [-0.05, 0) is 42.0 Å². The molecule has 11 nitrogen and oxygen atoms in total. The smallest absolute Gasteiger partial charge is 0.318 e. The predicted octanol–water partition coefficient (Wildman–Crippen LogP) is 4.48. The van der Waals surface area contributed by atoms with Gasteiger partial charge in [-0.3, -0.25) is 25.0 Å². The van der Waals surface area contributed by atoms with Crippen LogP contribution in [-0.2, 0) is 4.79 Å². The number of non-ortho nitro benzene ring substituents is 1.